The van der Waals surface area contributed by atoms with Gasteiger partial charge in [0.1, 0.15) is 0 Å². The Morgan fingerprint density at radius 3 is 2.54 bits per heavy atom. The van der Waals surface area contributed by atoms with E-state index in [0.717, 1.165) is 17.1 Å². The number of thioether (sulfide) groups is 1. The van der Waals surface area contributed by atoms with Gasteiger partial charge in [-0.15, -0.1) is 0 Å². The number of rotatable bonds is 3. The standard InChI is InChI=1S/C21H17NOS/c1-2-22-18-13-12-15-8-6-7-11-17(15)21(18)24-20(22)14-19(23)16-9-4-3-5-10-16/h3-14H,2H2,1H3. The lowest BCUT2D eigenvalue weighted by molar-refractivity contribution is 0.104. The topological polar surface area (TPSA) is 20.3 Å². The summed E-state index contributed by atoms with van der Waals surface area (Å²) in [5, 5.41) is 3.47. The second kappa shape index (κ2) is 6.17. The van der Waals surface area contributed by atoms with Gasteiger partial charge in [0.2, 0.25) is 0 Å². The largest absolute Gasteiger partial charge is 0.335 e. The number of nitrogens with zero attached hydrogens (tertiary/aromatic N) is 1. The van der Waals surface area contributed by atoms with E-state index in [1.54, 1.807) is 17.8 Å². The van der Waals surface area contributed by atoms with Gasteiger partial charge >= 0.3 is 0 Å². The molecule has 0 N–H and O–H groups in total. The Morgan fingerprint density at radius 2 is 1.75 bits per heavy atom. The average molecular weight is 331 g/mol. The van der Waals surface area contributed by atoms with Gasteiger partial charge < -0.3 is 4.90 Å². The molecule has 0 aliphatic carbocycles. The lowest BCUT2D eigenvalue weighted by Crippen LogP contribution is -2.17. The van der Waals surface area contributed by atoms with Crippen molar-refractivity contribution in [1.29, 1.82) is 0 Å². The Balaban J connectivity index is 1.77. The highest BCUT2D eigenvalue weighted by atomic mass is 32.2. The minimum atomic E-state index is 0.0497. The molecule has 0 saturated carbocycles. The van der Waals surface area contributed by atoms with Crippen LogP contribution in [0.2, 0.25) is 0 Å². The molecule has 24 heavy (non-hydrogen) atoms. The van der Waals surface area contributed by atoms with Gasteiger partial charge in [-0.05, 0) is 23.8 Å². The van der Waals surface area contributed by atoms with Crippen LogP contribution in [-0.4, -0.2) is 12.3 Å². The van der Waals surface area contributed by atoms with Gasteiger partial charge in [-0.25, -0.2) is 0 Å². The van der Waals surface area contributed by atoms with Crippen LogP contribution in [0.5, 0.6) is 0 Å². The molecule has 1 aliphatic heterocycles. The fourth-order valence-electron chi connectivity index (χ4n) is 3.06. The van der Waals surface area contributed by atoms with Gasteiger partial charge in [-0.3, -0.25) is 4.79 Å². The first-order chi connectivity index (χ1) is 11.8. The summed E-state index contributed by atoms with van der Waals surface area (Å²) >= 11 is 1.69. The number of fused-ring (bicyclic) bond motifs is 3. The minimum Gasteiger partial charge on any atom is -0.335 e. The molecule has 3 aromatic rings. The fourth-order valence-corrected chi connectivity index (χ4v) is 4.35. The maximum Gasteiger partial charge on any atom is 0.188 e. The van der Waals surface area contributed by atoms with Gasteiger partial charge in [0.25, 0.3) is 0 Å². The second-order valence-corrected chi connectivity index (χ2v) is 6.72. The molecule has 0 atom stereocenters. The quantitative estimate of drug-likeness (QED) is 0.467. The Bertz CT molecular complexity index is 946. The summed E-state index contributed by atoms with van der Waals surface area (Å²) in [7, 11) is 0. The molecule has 3 heteroatoms. The molecule has 0 bridgehead atoms. The smallest absolute Gasteiger partial charge is 0.188 e. The monoisotopic (exact) mass is 331 g/mol. The molecule has 1 heterocycles. The van der Waals surface area contributed by atoms with E-state index in [1.165, 1.54) is 21.4 Å². The molecular weight excluding hydrogens is 314 g/mol. The van der Waals surface area contributed by atoms with Crippen LogP contribution in [0.1, 0.15) is 17.3 Å². The van der Waals surface area contributed by atoms with Crippen LogP contribution in [0.3, 0.4) is 0 Å². The molecule has 3 aromatic carbocycles. The van der Waals surface area contributed by atoms with Crippen molar-refractivity contribution in [3.05, 3.63) is 83.4 Å². The number of hydrogen-bond donors (Lipinski definition) is 0. The number of anilines is 1. The number of allylic oxidation sites excluding steroid dienone is 1. The van der Waals surface area contributed by atoms with Crippen molar-refractivity contribution in [3.63, 3.8) is 0 Å². The van der Waals surface area contributed by atoms with Gasteiger partial charge in [0, 0.05) is 23.1 Å². The SMILES string of the molecule is CCN1C(=CC(=O)c2ccccc2)Sc2c1ccc1ccccc21. The highest BCUT2D eigenvalue weighted by molar-refractivity contribution is 8.04. The first-order valence-corrected chi connectivity index (χ1v) is 8.88. The van der Waals surface area contributed by atoms with Crippen LogP contribution < -0.4 is 4.90 Å². The van der Waals surface area contributed by atoms with Crippen molar-refractivity contribution in [2.75, 3.05) is 11.4 Å². The van der Waals surface area contributed by atoms with Gasteiger partial charge in [-0.2, -0.15) is 0 Å². The van der Waals surface area contributed by atoms with E-state index in [2.05, 4.69) is 48.2 Å². The number of carbonyl (C=O) groups is 1. The average Bonchev–Trinajstić information content (AvgIpc) is 3.00. The van der Waals surface area contributed by atoms with Crippen molar-refractivity contribution in [2.24, 2.45) is 0 Å². The molecule has 0 saturated heterocycles. The third-order valence-corrected chi connectivity index (χ3v) is 5.43. The maximum atomic E-state index is 12.6. The van der Waals surface area contributed by atoms with E-state index >= 15 is 0 Å². The lowest BCUT2D eigenvalue weighted by atomic mass is 10.1. The van der Waals surface area contributed by atoms with E-state index in [9.17, 15) is 4.79 Å². The summed E-state index contributed by atoms with van der Waals surface area (Å²) in [5.74, 6) is 0.0497. The number of benzene rings is 3. The van der Waals surface area contributed by atoms with E-state index in [-0.39, 0.29) is 5.78 Å². The summed E-state index contributed by atoms with van der Waals surface area (Å²) in [6.07, 6.45) is 1.76. The Kier molecular flexibility index (Phi) is 3.87. The predicted molar refractivity (Wildman–Crippen MR) is 102 cm³/mol. The molecule has 1 aliphatic rings. The van der Waals surface area contributed by atoms with E-state index < -0.39 is 0 Å². The zero-order chi connectivity index (χ0) is 16.5. The van der Waals surface area contributed by atoms with E-state index in [1.807, 2.05) is 30.3 Å². The van der Waals surface area contributed by atoms with Gasteiger partial charge in [0.05, 0.1) is 10.7 Å². The molecule has 0 fully saturated rings. The highest BCUT2D eigenvalue weighted by Gasteiger charge is 2.26. The van der Waals surface area contributed by atoms with Crippen LogP contribution in [0.15, 0.2) is 82.7 Å². The summed E-state index contributed by atoms with van der Waals surface area (Å²) in [6.45, 7) is 2.96. The summed E-state index contributed by atoms with van der Waals surface area (Å²) in [4.78, 5) is 16.0. The van der Waals surface area contributed by atoms with Gasteiger partial charge in [-0.1, -0.05) is 72.4 Å². The summed E-state index contributed by atoms with van der Waals surface area (Å²) in [5.41, 5.74) is 1.91. The first-order valence-electron chi connectivity index (χ1n) is 8.06. The van der Waals surface area contributed by atoms with E-state index in [0.29, 0.717) is 0 Å². The summed E-state index contributed by atoms with van der Waals surface area (Å²) < 4.78 is 0. The molecule has 0 aromatic heterocycles. The Morgan fingerprint density at radius 1 is 1.00 bits per heavy atom. The van der Waals surface area contributed by atoms with Crippen LogP contribution in [-0.2, 0) is 0 Å². The normalized spacial score (nSPS) is 15.0. The maximum absolute atomic E-state index is 12.6. The molecule has 0 radical (unpaired) electrons. The highest BCUT2D eigenvalue weighted by Crippen LogP contribution is 2.49. The molecule has 118 valence electrons. The molecule has 0 spiro atoms. The van der Waals surface area contributed by atoms with Crippen molar-refractivity contribution < 1.29 is 4.79 Å². The lowest BCUT2D eigenvalue weighted by Gasteiger charge is -2.18. The third-order valence-electron chi connectivity index (χ3n) is 4.25. The Hall–Kier alpha value is -2.52. The number of hydrogen-bond acceptors (Lipinski definition) is 3. The predicted octanol–water partition coefficient (Wildman–Crippen LogP) is 5.50. The zero-order valence-corrected chi connectivity index (χ0v) is 14.2. The molecule has 4 rings (SSSR count). The third kappa shape index (κ3) is 2.51. The second-order valence-electron chi connectivity index (χ2n) is 5.69. The first kappa shape index (κ1) is 15.0. The molecule has 0 unspecified atom stereocenters. The van der Waals surface area contributed by atoms with Crippen LogP contribution in [0.25, 0.3) is 10.8 Å². The van der Waals surface area contributed by atoms with Crippen molar-refractivity contribution in [3.8, 4) is 0 Å². The van der Waals surface area contributed by atoms with Crippen LogP contribution in [0, 0.1) is 0 Å². The molecular formula is C21H17NOS. The van der Waals surface area contributed by atoms with E-state index in [4.69, 9.17) is 0 Å². The van der Waals surface area contributed by atoms with Crippen LogP contribution >= 0.6 is 11.8 Å². The van der Waals surface area contributed by atoms with Crippen molar-refractivity contribution >= 4 is 34.0 Å². The molecule has 0 amide bonds. The number of ketones is 1. The van der Waals surface area contributed by atoms with Crippen molar-refractivity contribution in [1.82, 2.24) is 0 Å². The zero-order valence-electron chi connectivity index (χ0n) is 13.4. The van der Waals surface area contributed by atoms with Crippen LogP contribution in [0.4, 0.5) is 5.69 Å². The Labute approximate surface area is 145 Å². The fraction of sp³-hybridized carbons (Fsp3) is 0.0952. The molecule has 2 nitrogen and oxygen atoms in total. The summed E-state index contributed by atoms with van der Waals surface area (Å²) in [6, 6.07) is 22.1. The minimum absolute atomic E-state index is 0.0497. The van der Waals surface area contributed by atoms with Gasteiger partial charge in [0.15, 0.2) is 5.78 Å². The number of carbonyl (C=O) groups excluding carboxylic acids is 1. The van der Waals surface area contributed by atoms with Crippen molar-refractivity contribution in [2.45, 2.75) is 11.8 Å².